The summed E-state index contributed by atoms with van der Waals surface area (Å²) in [5.74, 6) is -0.431. The van der Waals surface area contributed by atoms with E-state index in [1.54, 1.807) is 18.2 Å². The zero-order valence-corrected chi connectivity index (χ0v) is 8.49. The first kappa shape index (κ1) is 10.7. The summed E-state index contributed by atoms with van der Waals surface area (Å²) in [6.07, 6.45) is 1.45. The fourth-order valence-electron chi connectivity index (χ4n) is 0.995. The quantitative estimate of drug-likeness (QED) is 0.593. The maximum absolute atomic E-state index is 10.5. The van der Waals surface area contributed by atoms with E-state index < -0.39 is 5.97 Å². The van der Waals surface area contributed by atoms with Gasteiger partial charge in [-0.05, 0) is 12.1 Å². The number of hydrogen-bond donors (Lipinski definition) is 2. The third-order valence-electron chi connectivity index (χ3n) is 1.65. The van der Waals surface area contributed by atoms with Gasteiger partial charge in [0.2, 0.25) is 0 Å². The highest BCUT2D eigenvalue weighted by atomic mass is 32.1. The van der Waals surface area contributed by atoms with E-state index in [-0.39, 0.29) is 4.91 Å². The molecule has 1 aromatic rings. The number of thiol groups is 1. The van der Waals surface area contributed by atoms with Crippen molar-refractivity contribution in [1.29, 1.82) is 0 Å². The first-order valence-electron chi connectivity index (χ1n) is 3.92. The van der Waals surface area contributed by atoms with Gasteiger partial charge < -0.3 is 9.84 Å². The third-order valence-corrected chi connectivity index (χ3v) is 1.97. The minimum atomic E-state index is -1.06. The summed E-state index contributed by atoms with van der Waals surface area (Å²) < 4.78 is 5.05. The van der Waals surface area contributed by atoms with Gasteiger partial charge in [-0.15, -0.1) is 12.6 Å². The van der Waals surface area contributed by atoms with Crippen LogP contribution in [0.15, 0.2) is 29.2 Å². The lowest BCUT2D eigenvalue weighted by Gasteiger charge is -2.03. The van der Waals surface area contributed by atoms with Crippen LogP contribution in [0.5, 0.6) is 5.75 Å². The van der Waals surface area contributed by atoms with E-state index in [4.69, 9.17) is 9.84 Å². The van der Waals surface area contributed by atoms with Crippen LogP contribution in [0.1, 0.15) is 5.56 Å². The number of rotatable bonds is 3. The predicted octanol–water partition coefficient (Wildman–Crippen LogP) is 2.05. The van der Waals surface area contributed by atoms with Crippen molar-refractivity contribution in [3.8, 4) is 5.75 Å². The standard InChI is InChI=1S/C10H10O3S/c1-13-8-5-3-2-4-7(8)6-9(14)10(11)12/h2-6,14H,1H3,(H,11,12). The summed E-state index contributed by atoms with van der Waals surface area (Å²) >= 11 is 3.83. The zero-order chi connectivity index (χ0) is 10.6. The zero-order valence-electron chi connectivity index (χ0n) is 7.60. The van der Waals surface area contributed by atoms with Gasteiger partial charge in [-0.25, -0.2) is 4.79 Å². The number of methoxy groups -OCH3 is 1. The average Bonchev–Trinajstić information content (AvgIpc) is 2.18. The second kappa shape index (κ2) is 4.72. The molecule has 0 aromatic heterocycles. The Morgan fingerprint density at radius 3 is 2.71 bits per heavy atom. The molecule has 0 unspecified atom stereocenters. The van der Waals surface area contributed by atoms with Crippen LogP contribution in [0.4, 0.5) is 0 Å². The Morgan fingerprint density at radius 2 is 2.14 bits per heavy atom. The Bertz CT molecular complexity index is 371. The van der Waals surface area contributed by atoms with Gasteiger partial charge in [0, 0.05) is 5.56 Å². The molecule has 0 atom stereocenters. The largest absolute Gasteiger partial charge is 0.496 e. The molecule has 4 heteroatoms. The Kier molecular flexibility index (Phi) is 3.59. The highest BCUT2D eigenvalue weighted by Gasteiger charge is 2.03. The van der Waals surface area contributed by atoms with Gasteiger partial charge in [-0.2, -0.15) is 0 Å². The van der Waals surface area contributed by atoms with Crippen molar-refractivity contribution in [3.05, 3.63) is 34.7 Å². The van der Waals surface area contributed by atoms with E-state index in [0.29, 0.717) is 11.3 Å². The number of ether oxygens (including phenoxy) is 1. The normalized spacial score (nSPS) is 11.1. The van der Waals surface area contributed by atoms with Crippen molar-refractivity contribution in [2.75, 3.05) is 7.11 Å². The molecule has 0 radical (unpaired) electrons. The second-order valence-corrected chi connectivity index (χ2v) is 3.06. The van der Waals surface area contributed by atoms with Crippen LogP contribution in [0.25, 0.3) is 6.08 Å². The minimum Gasteiger partial charge on any atom is -0.496 e. The Balaban J connectivity index is 3.07. The molecule has 0 spiro atoms. The van der Waals surface area contributed by atoms with Gasteiger partial charge in [0.25, 0.3) is 0 Å². The molecule has 74 valence electrons. The SMILES string of the molecule is COc1ccccc1C=C(S)C(=O)O. The van der Waals surface area contributed by atoms with E-state index in [1.165, 1.54) is 13.2 Å². The molecular formula is C10H10O3S. The molecule has 0 bridgehead atoms. The monoisotopic (exact) mass is 210 g/mol. The van der Waals surface area contributed by atoms with Crippen molar-refractivity contribution in [2.45, 2.75) is 0 Å². The van der Waals surface area contributed by atoms with Gasteiger partial charge in [0.1, 0.15) is 5.75 Å². The molecule has 0 aliphatic heterocycles. The van der Waals surface area contributed by atoms with Crippen LogP contribution in [0.2, 0.25) is 0 Å². The molecule has 1 aromatic carbocycles. The second-order valence-electron chi connectivity index (χ2n) is 2.58. The van der Waals surface area contributed by atoms with E-state index in [9.17, 15) is 4.79 Å². The lowest BCUT2D eigenvalue weighted by molar-refractivity contribution is -0.131. The number of aliphatic carboxylic acids is 1. The summed E-state index contributed by atoms with van der Waals surface area (Å²) in [4.78, 5) is 10.5. The van der Waals surface area contributed by atoms with E-state index in [1.807, 2.05) is 6.07 Å². The molecular weight excluding hydrogens is 200 g/mol. The van der Waals surface area contributed by atoms with Crippen molar-refractivity contribution >= 4 is 24.7 Å². The van der Waals surface area contributed by atoms with Gasteiger partial charge in [-0.1, -0.05) is 18.2 Å². The maximum atomic E-state index is 10.5. The number of carboxylic acids is 1. The molecule has 0 amide bonds. The predicted molar refractivity (Wildman–Crippen MR) is 57.6 cm³/mol. The minimum absolute atomic E-state index is 0.0190. The highest BCUT2D eigenvalue weighted by molar-refractivity contribution is 7.85. The summed E-state index contributed by atoms with van der Waals surface area (Å²) in [5.41, 5.74) is 0.697. The van der Waals surface area contributed by atoms with E-state index in [2.05, 4.69) is 12.6 Å². The molecule has 0 saturated carbocycles. The fraction of sp³-hybridized carbons (Fsp3) is 0.100. The first-order chi connectivity index (χ1) is 6.65. The van der Waals surface area contributed by atoms with Gasteiger partial charge in [-0.3, -0.25) is 0 Å². The molecule has 0 aliphatic carbocycles. The van der Waals surface area contributed by atoms with Crippen LogP contribution in [0, 0.1) is 0 Å². The molecule has 1 rings (SSSR count). The summed E-state index contributed by atoms with van der Waals surface area (Å²) in [7, 11) is 1.53. The maximum Gasteiger partial charge on any atom is 0.341 e. The smallest absolute Gasteiger partial charge is 0.341 e. The highest BCUT2D eigenvalue weighted by Crippen LogP contribution is 2.21. The van der Waals surface area contributed by atoms with E-state index in [0.717, 1.165) is 0 Å². The topological polar surface area (TPSA) is 46.5 Å². The number of carbonyl (C=O) groups is 1. The summed E-state index contributed by atoms with van der Waals surface area (Å²) in [5, 5.41) is 8.62. The number of carboxylic acid groups (broad SMARTS) is 1. The molecule has 0 fully saturated rings. The van der Waals surface area contributed by atoms with Crippen LogP contribution >= 0.6 is 12.6 Å². The number of benzene rings is 1. The Morgan fingerprint density at radius 1 is 1.50 bits per heavy atom. The van der Waals surface area contributed by atoms with Gasteiger partial charge in [0.05, 0.1) is 12.0 Å². The number of hydrogen-bond acceptors (Lipinski definition) is 3. The number of para-hydroxylation sites is 1. The van der Waals surface area contributed by atoms with Gasteiger partial charge >= 0.3 is 5.97 Å². The van der Waals surface area contributed by atoms with Crippen molar-refractivity contribution < 1.29 is 14.6 Å². The Hall–Kier alpha value is -1.42. The van der Waals surface area contributed by atoms with E-state index >= 15 is 0 Å². The molecule has 14 heavy (non-hydrogen) atoms. The Labute approximate surface area is 87.4 Å². The molecule has 3 nitrogen and oxygen atoms in total. The molecule has 0 heterocycles. The summed E-state index contributed by atoms with van der Waals surface area (Å²) in [6, 6.07) is 7.14. The average molecular weight is 210 g/mol. The van der Waals surface area contributed by atoms with Crippen LogP contribution in [-0.2, 0) is 4.79 Å². The van der Waals surface area contributed by atoms with Crippen molar-refractivity contribution in [2.24, 2.45) is 0 Å². The summed E-state index contributed by atoms with van der Waals surface area (Å²) in [6.45, 7) is 0. The lowest BCUT2D eigenvalue weighted by atomic mass is 10.2. The van der Waals surface area contributed by atoms with Crippen molar-refractivity contribution in [1.82, 2.24) is 0 Å². The van der Waals surface area contributed by atoms with Crippen LogP contribution in [0.3, 0.4) is 0 Å². The van der Waals surface area contributed by atoms with Crippen molar-refractivity contribution in [3.63, 3.8) is 0 Å². The first-order valence-corrected chi connectivity index (χ1v) is 4.37. The van der Waals surface area contributed by atoms with Gasteiger partial charge in [0.15, 0.2) is 0 Å². The third kappa shape index (κ3) is 2.53. The molecule has 1 N–H and O–H groups in total. The van der Waals surface area contributed by atoms with Crippen LogP contribution < -0.4 is 4.74 Å². The molecule has 0 aliphatic rings. The van der Waals surface area contributed by atoms with Crippen LogP contribution in [-0.4, -0.2) is 18.2 Å². The lowest BCUT2D eigenvalue weighted by Crippen LogP contribution is -1.94. The molecule has 0 saturated heterocycles. The fourth-order valence-corrected chi connectivity index (χ4v) is 1.13.